The molecule has 0 saturated carbocycles. The van der Waals surface area contributed by atoms with Gasteiger partial charge >= 0.3 is 0 Å². The Morgan fingerprint density at radius 3 is 2.24 bits per heavy atom. The van der Waals surface area contributed by atoms with Crippen molar-refractivity contribution in [1.29, 1.82) is 0 Å². The summed E-state index contributed by atoms with van der Waals surface area (Å²) in [5, 5.41) is 11.0. The van der Waals surface area contributed by atoms with E-state index in [1.807, 2.05) is 60.7 Å². The molecule has 1 unspecified atom stereocenters. The van der Waals surface area contributed by atoms with Crippen molar-refractivity contribution in [1.82, 2.24) is 15.5 Å². The predicted octanol–water partition coefficient (Wildman–Crippen LogP) is 3.41. The van der Waals surface area contributed by atoms with Crippen LogP contribution in [0.5, 0.6) is 0 Å². The quantitative estimate of drug-likeness (QED) is 0.718. The van der Waals surface area contributed by atoms with E-state index in [9.17, 15) is 4.79 Å². The number of nitrogens with zero attached hydrogens (tertiary/aromatic N) is 2. The number of aromatic nitrogens is 2. The van der Waals surface area contributed by atoms with Crippen molar-refractivity contribution in [2.24, 2.45) is 0 Å². The van der Waals surface area contributed by atoms with Crippen LogP contribution in [0.25, 0.3) is 0 Å². The van der Waals surface area contributed by atoms with Gasteiger partial charge < -0.3 is 9.73 Å². The van der Waals surface area contributed by atoms with Gasteiger partial charge in [0.25, 0.3) is 0 Å². The van der Waals surface area contributed by atoms with Crippen LogP contribution < -0.4 is 5.32 Å². The zero-order chi connectivity index (χ0) is 17.5. The Hall–Kier alpha value is -2.95. The average Bonchev–Trinajstić information content (AvgIpc) is 3.08. The number of nitrogens with one attached hydrogen (secondary N) is 1. The van der Waals surface area contributed by atoms with Crippen molar-refractivity contribution in [2.75, 3.05) is 0 Å². The summed E-state index contributed by atoms with van der Waals surface area (Å²) in [5.74, 6) is 0.904. The summed E-state index contributed by atoms with van der Waals surface area (Å²) >= 11 is 0. The van der Waals surface area contributed by atoms with Gasteiger partial charge in [0.15, 0.2) is 0 Å². The molecule has 1 atom stereocenters. The SMILES string of the molecule is Cc1nnc(C(Cc2ccccc2)NC(=O)CCc2ccccc2)o1. The van der Waals surface area contributed by atoms with Gasteiger partial charge in [0.2, 0.25) is 17.7 Å². The van der Waals surface area contributed by atoms with Gasteiger partial charge in [-0.3, -0.25) is 4.79 Å². The Bertz CT molecular complexity index is 800. The Morgan fingerprint density at radius 1 is 1.00 bits per heavy atom. The molecule has 0 aliphatic carbocycles. The highest BCUT2D eigenvalue weighted by Crippen LogP contribution is 2.18. The average molecular weight is 335 g/mol. The van der Waals surface area contributed by atoms with Gasteiger partial charge in [-0.1, -0.05) is 60.7 Å². The van der Waals surface area contributed by atoms with Crippen LogP contribution in [-0.4, -0.2) is 16.1 Å². The highest BCUT2D eigenvalue weighted by Gasteiger charge is 2.20. The first kappa shape index (κ1) is 16.9. The molecule has 0 saturated heterocycles. The van der Waals surface area contributed by atoms with Crippen LogP contribution in [0, 0.1) is 6.92 Å². The van der Waals surface area contributed by atoms with Gasteiger partial charge in [0, 0.05) is 19.8 Å². The number of aryl methyl sites for hydroxylation is 2. The van der Waals surface area contributed by atoms with Gasteiger partial charge in [-0.2, -0.15) is 0 Å². The number of amides is 1. The number of hydrogen-bond acceptors (Lipinski definition) is 4. The largest absolute Gasteiger partial charge is 0.423 e. The molecule has 1 heterocycles. The molecule has 3 aromatic rings. The van der Waals surface area contributed by atoms with Crippen molar-refractivity contribution in [3.05, 3.63) is 83.6 Å². The number of carbonyl (C=O) groups is 1. The molecule has 3 rings (SSSR count). The van der Waals surface area contributed by atoms with Crippen LogP contribution in [0.3, 0.4) is 0 Å². The zero-order valence-electron chi connectivity index (χ0n) is 14.2. The normalized spacial score (nSPS) is 11.9. The first-order valence-electron chi connectivity index (χ1n) is 8.38. The topological polar surface area (TPSA) is 68.0 Å². The highest BCUT2D eigenvalue weighted by molar-refractivity contribution is 5.76. The third-order valence-corrected chi connectivity index (χ3v) is 3.94. The second kappa shape index (κ2) is 8.24. The zero-order valence-corrected chi connectivity index (χ0v) is 14.2. The molecule has 1 N–H and O–H groups in total. The molecular weight excluding hydrogens is 314 g/mol. The lowest BCUT2D eigenvalue weighted by atomic mass is 10.0. The Kier molecular flexibility index (Phi) is 5.57. The maximum atomic E-state index is 12.4. The third kappa shape index (κ3) is 5.01. The van der Waals surface area contributed by atoms with Crippen LogP contribution >= 0.6 is 0 Å². The maximum absolute atomic E-state index is 12.4. The highest BCUT2D eigenvalue weighted by atomic mass is 16.4. The van der Waals surface area contributed by atoms with E-state index in [-0.39, 0.29) is 11.9 Å². The van der Waals surface area contributed by atoms with Crippen molar-refractivity contribution < 1.29 is 9.21 Å². The molecule has 0 fully saturated rings. The fourth-order valence-corrected chi connectivity index (χ4v) is 2.67. The summed E-state index contributed by atoms with van der Waals surface area (Å²) in [6, 6.07) is 19.6. The predicted molar refractivity (Wildman–Crippen MR) is 94.8 cm³/mol. The van der Waals surface area contributed by atoms with E-state index in [1.54, 1.807) is 6.92 Å². The van der Waals surface area contributed by atoms with E-state index in [0.717, 1.165) is 11.1 Å². The molecule has 0 bridgehead atoms. The Morgan fingerprint density at radius 2 is 1.64 bits per heavy atom. The molecular formula is C20H21N3O2. The van der Waals surface area contributed by atoms with E-state index in [1.165, 1.54) is 0 Å². The lowest BCUT2D eigenvalue weighted by Crippen LogP contribution is -2.30. The molecule has 0 radical (unpaired) electrons. The molecule has 1 amide bonds. The first-order valence-corrected chi connectivity index (χ1v) is 8.38. The van der Waals surface area contributed by atoms with E-state index < -0.39 is 0 Å². The number of rotatable bonds is 7. The summed E-state index contributed by atoms with van der Waals surface area (Å²) in [5.41, 5.74) is 2.25. The van der Waals surface area contributed by atoms with Gasteiger partial charge in [0.05, 0.1) is 0 Å². The second-order valence-electron chi connectivity index (χ2n) is 5.95. The minimum absolute atomic E-state index is 0.0272. The maximum Gasteiger partial charge on any atom is 0.239 e. The lowest BCUT2D eigenvalue weighted by molar-refractivity contribution is -0.122. The number of carbonyl (C=O) groups excluding carboxylic acids is 1. The van der Waals surface area contributed by atoms with E-state index in [4.69, 9.17) is 4.42 Å². The molecule has 5 heteroatoms. The molecule has 5 nitrogen and oxygen atoms in total. The molecule has 128 valence electrons. The molecule has 1 aromatic heterocycles. The summed E-state index contributed by atoms with van der Waals surface area (Å²) in [4.78, 5) is 12.4. The van der Waals surface area contributed by atoms with E-state index in [2.05, 4.69) is 15.5 Å². The minimum Gasteiger partial charge on any atom is -0.423 e. The van der Waals surface area contributed by atoms with Crippen LogP contribution in [0.4, 0.5) is 0 Å². The van der Waals surface area contributed by atoms with Gasteiger partial charge in [-0.25, -0.2) is 0 Å². The van der Waals surface area contributed by atoms with Crippen molar-refractivity contribution in [2.45, 2.75) is 32.2 Å². The Labute approximate surface area is 147 Å². The molecule has 0 spiro atoms. The minimum atomic E-state index is -0.327. The molecule has 2 aromatic carbocycles. The molecule has 0 aliphatic heterocycles. The molecule has 25 heavy (non-hydrogen) atoms. The number of hydrogen-bond donors (Lipinski definition) is 1. The monoisotopic (exact) mass is 335 g/mol. The van der Waals surface area contributed by atoms with Gasteiger partial charge in [0.1, 0.15) is 6.04 Å². The fraction of sp³-hybridized carbons (Fsp3) is 0.250. The summed E-state index contributed by atoms with van der Waals surface area (Å²) in [6.07, 6.45) is 1.73. The standard InChI is InChI=1S/C20H21N3O2/c1-15-22-23-20(25-15)18(14-17-10-6-3-7-11-17)21-19(24)13-12-16-8-4-2-5-9-16/h2-11,18H,12-14H2,1H3,(H,21,24). The van der Waals surface area contributed by atoms with Crippen LogP contribution in [0.2, 0.25) is 0 Å². The summed E-state index contributed by atoms with van der Waals surface area (Å²) < 4.78 is 5.54. The van der Waals surface area contributed by atoms with Gasteiger partial charge in [-0.05, 0) is 17.5 Å². The summed E-state index contributed by atoms with van der Waals surface area (Å²) in [7, 11) is 0. The smallest absolute Gasteiger partial charge is 0.239 e. The summed E-state index contributed by atoms with van der Waals surface area (Å²) in [6.45, 7) is 1.74. The van der Waals surface area contributed by atoms with Gasteiger partial charge in [-0.15, -0.1) is 10.2 Å². The lowest BCUT2D eigenvalue weighted by Gasteiger charge is -2.15. The van der Waals surface area contributed by atoms with Crippen LogP contribution in [0.1, 0.15) is 35.4 Å². The van der Waals surface area contributed by atoms with Crippen molar-refractivity contribution in [3.63, 3.8) is 0 Å². The van der Waals surface area contributed by atoms with Crippen molar-refractivity contribution >= 4 is 5.91 Å². The van der Waals surface area contributed by atoms with E-state index in [0.29, 0.717) is 31.0 Å². The third-order valence-electron chi connectivity index (χ3n) is 3.94. The van der Waals surface area contributed by atoms with E-state index >= 15 is 0 Å². The number of benzene rings is 2. The van der Waals surface area contributed by atoms with Crippen molar-refractivity contribution in [3.8, 4) is 0 Å². The van der Waals surface area contributed by atoms with Crippen LogP contribution in [0.15, 0.2) is 65.1 Å². The second-order valence-corrected chi connectivity index (χ2v) is 5.95. The Balaban J connectivity index is 1.65. The first-order chi connectivity index (χ1) is 12.2. The molecule has 0 aliphatic rings. The fourth-order valence-electron chi connectivity index (χ4n) is 2.67. The van der Waals surface area contributed by atoms with Crippen LogP contribution in [-0.2, 0) is 17.6 Å².